The van der Waals surface area contributed by atoms with E-state index in [1.807, 2.05) is 29.2 Å². The Hall–Kier alpha value is -2.14. The van der Waals surface area contributed by atoms with Crippen LogP contribution in [-0.4, -0.2) is 36.2 Å². The minimum Gasteiger partial charge on any atom is -0.464 e. The largest absolute Gasteiger partial charge is 0.464 e. The van der Waals surface area contributed by atoms with Crippen LogP contribution in [-0.2, 0) is 4.79 Å². The van der Waals surface area contributed by atoms with Crippen LogP contribution in [0.5, 0.6) is 0 Å². The summed E-state index contributed by atoms with van der Waals surface area (Å²) in [4.78, 5) is 25.4. The summed E-state index contributed by atoms with van der Waals surface area (Å²) in [6.45, 7) is 1.60. The summed E-state index contributed by atoms with van der Waals surface area (Å²) in [5.74, 6) is -0.405. The number of para-hydroxylation sites is 1. The van der Waals surface area contributed by atoms with Crippen LogP contribution in [0.3, 0.4) is 0 Å². The second-order valence-electron chi connectivity index (χ2n) is 5.19. The molecule has 0 bridgehead atoms. The summed E-state index contributed by atoms with van der Waals surface area (Å²) in [5, 5.41) is 0.836. The average molecular weight is 272 g/mol. The van der Waals surface area contributed by atoms with Gasteiger partial charge in [0.2, 0.25) is 5.91 Å². The van der Waals surface area contributed by atoms with Gasteiger partial charge in [-0.15, -0.1) is 0 Å². The third kappa shape index (κ3) is 2.32. The van der Waals surface area contributed by atoms with Crippen molar-refractivity contribution in [3.63, 3.8) is 0 Å². The maximum Gasteiger partial charge on any atom is 0.221 e. The minimum absolute atomic E-state index is 0.0140. The molecule has 1 aromatic heterocycles. The van der Waals surface area contributed by atoms with Crippen molar-refractivity contribution in [1.82, 2.24) is 4.90 Å². The van der Waals surface area contributed by atoms with Crippen molar-refractivity contribution in [3.05, 3.63) is 36.1 Å². The molecule has 0 saturated carbocycles. The zero-order chi connectivity index (χ0) is 14.1. The number of primary amides is 1. The Bertz CT molecular complexity index is 662. The van der Waals surface area contributed by atoms with Crippen molar-refractivity contribution >= 4 is 22.7 Å². The molecule has 1 aromatic carbocycles. The second kappa shape index (κ2) is 5.09. The number of nitrogens with two attached hydrogens (primary N) is 1. The number of carbonyl (C=O) groups is 2. The number of carbonyl (C=O) groups excluding carboxylic acids is 2. The van der Waals surface area contributed by atoms with Crippen LogP contribution in [0, 0.1) is 5.92 Å². The number of hydrogen-bond acceptors (Lipinski definition) is 4. The van der Waals surface area contributed by atoms with Gasteiger partial charge in [-0.25, -0.2) is 0 Å². The van der Waals surface area contributed by atoms with Crippen LogP contribution in [0.25, 0.3) is 11.0 Å². The molecule has 2 aromatic rings. The Morgan fingerprint density at radius 3 is 2.90 bits per heavy atom. The molecule has 1 atom stereocenters. The van der Waals surface area contributed by atoms with Crippen LogP contribution in [0.2, 0.25) is 0 Å². The molecule has 2 heterocycles. The number of likely N-dealkylation sites (tertiary alicyclic amines) is 1. The number of fused-ring (bicyclic) bond motifs is 1. The van der Waals surface area contributed by atoms with E-state index in [0.29, 0.717) is 24.2 Å². The van der Waals surface area contributed by atoms with Gasteiger partial charge in [-0.2, -0.15) is 0 Å². The maximum atomic E-state index is 12.3. The van der Waals surface area contributed by atoms with E-state index in [9.17, 15) is 9.59 Å². The number of nitrogens with zero attached hydrogens (tertiary/aromatic N) is 1. The zero-order valence-electron chi connectivity index (χ0n) is 11.0. The molecule has 1 aliphatic heterocycles. The van der Waals surface area contributed by atoms with Gasteiger partial charge in [-0.3, -0.25) is 14.5 Å². The van der Waals surface area contributed by atoms with Crippen LogP contribution in [0.1, 0.15) is 16.8 Å². The van der Waals surface area contributed by atoms with Gasteiger partial charge < -0.3 is 10.2 Å². The smallest absolute Gasteiger partial charge is 0.221 e. The third-order valence-electron chi connectivity index (χ3n) is 3.82. The summed E-state index contributed by atoms with van der Waals surface area (Å²) in [6, 6.07) is 7.47. The highest BCUT2D eigenvalue weighted by molar-refractivity contribution is 6.08. The summed E-state index contributed by atoms with van der Waals surface area (Å²) in [6.07, 6.45) is 2.24. The molecular weight excluding hydrogens is 256 g/mol. The Balaban J connectivity index is 1.73. The molecule has 1 saturated heterocycles. The number of benzene rings is 1. The average Bonchev–Trinajstić information content (AvgIpc) is 3.04. The fraction of sp³-hybridized carbons (Fsp3) is 0.333. The highest BCUT2D eigenvalue weighted by Crippen LogP contribution is 2.22. The number of ketones is 1. The van der Waals surface area contributed by atoms with Gasteiger partial charge in [0, 0.05) is 11.9 Å². The first kappa shape index (κ1) is 12.9. The lowest BCUT2D eigenvalue weighted by Gasteiger charge is -2.13. The molecule has 0 aliphatic carbocycles. The number of amides is 1. The fourth-order valence-corrected chi connectivity index (χ4v) is 2.69. The quantitative estimate of drug-likeness (QED) is 0.854. The molecule has 1 aliphatic rings. The Kier molecular flexibility index (Phi) is 3.28. The first-order valence-corrected chi connectivity index (χ1v) is 6.66. The Morgan fingerprint density at radius 1 is 1.35 bits per heavy atom. The van der Waals surface area contributed by atoms with Crippen molar-refractivity contribution in [2.45, 2.75) is 6.42 Å². The minimum atomic E-state index is -0.284. The molecule has 1 fully saturated rings. The molecule has 0 radical (unpaired) electrons. The predicted octanol–water partition coefficient (Wildman–Crippen LogP) is 1.42. The number of hydrogen-bond donors (Lipinski definition) is 1. The normalized spacial score (nSPS) is 19.5. The van der Waals surface area contributed by atoms with E-state index in [1.165, 1.54) is 6.26 Å². The van der Waals surface area contributed by atoms with Gasteiger partial charge in [-0.1, -0.05) is 18.2 Å². The number of Topliss-reactive ketones (excluding diaryl/α,β-unsaturated/α-hetero) is 1. The van der Waals surface area contributed by atoms with E-state index >= 15 is 0 Å². The number of rotatable bonds is 4. The number of furan rings is 1. The van der Waals surface area contributed by atoms with Gasteiger partial charge in [0.1, 0.15) is 11.8 Å². The van der Waals surface area contributed by atoms with Crippen LogP contribution in [0.15, 0.2) is 34.9 Å². The topological polar surface area (TPSA) is 76.5 Å². The summed E-state index contributed by atoms with van der Waals surface area (Å²) >= 11 is 0. The first-order chi connectivity index (χ1) is 9.65. The maximum absolute atomic E-state index is 12.3. The second-order valence-corrected chi connectivity index (χ2v) is 5.19. The molecule has 1 unspecified atom stereocenters. The van der Waals surface area contributed by atoms with E-state index in [1.54, 1.807) is 0 Å². The fourth-order valence-electron chi connectivity index (χ4n) is 2.69. The molecule has 1 amide bonds. The van der Waals surface area contributed by atoms with Crippen molar-refractivity contribution in [2.75, 3.05) is 19.6 Å². The van der Waals surface area contributed by atoms with Crippen molar-refractivity contribution in [1.29, 1.82) is 0 Å². The van der Waals surface area contributed by atoms with Crippen molar-refractivity contribution < 1.29 is 14.0 Å². The Labute approximate surface area is 116 Å². The van der Waals surface area contributed by atoms with E-state index < -0.39 is 0 Å². The lowest BCUT2D eigenvalue weighted by molar-refractivity contribution is -0.121. The lowest BCUT2D eigenvalue weighted by atomic mass is 10.1. The summed E-state index contributed by atoms with van der Waals surface area (Å²) < 4.78 is 5.38. The molecule has 2 N–H and O–H groups in total. The van der Waals surface area contributed by atoms with Gasteiger partial charge >= 0.3 is 0 Å². The van der Waals surface area contributed by atoms with E-state index in [2.05, 4.69) is 0 Å². The standard InChI is InChI=1S/C15H16N2O3/c16-15(19)10-5-6-17(7-10)8-13(18)12-9-20-14-4-2-1-3-11(12)14/h1-4,9-10H,5-8H2,(H2,16,19). The van der Waals surface area contributed by atoms with Gasteiger partial charge in [-0.05, 0) is 19.0 Å². The third-order valence-corrected chi connectivity index (χ3v) is 3.82. The monoisotopic (exact) mass is 272 g/mol. The summed E-state index contributed by atoms with van der Waals surface area (Å²) in [5.41, 5.74) is 6.61. The van der Waals surface area contributed by atoms with Crippen LogP contribution in [0.4, 0.5) is 0 Å². The van der Waals surface area contributed by atoms with E-state index in [0.717, 1.165) is 18.4 Å². The molecule has 5 heteroatoms. The van der Waals surface area contributed by atoms with E-state index in [-0.39, 0.29) is 17.6 Å². The molecule has 5 nitrogen and oxygen atoms in total. The van der Waals surface area contributed by atoms with Crippen LogP contribution < -0.4 is 5.73 Å². The van der Waals surface area contributed by atoms with Gasteiger partial charge in [0.15, 0.2) is 5.78 Å². The summed E-state index contributed by atoms with van der Waals surface area (Å²) in [7, 11) is 0. The molecule has 20 heavy (non-hydrogen) atoms. The first-order valence-electron chi connectivity index (χ1n) is 6.66. The van der Waals surface area contributed by atoms with Crippen LogP contribution >= 0.6 is 0 Å². The SMILES string of the molecule is NC(=O)C1CCN(CC(=O)c2coc3ccccc23)C1. The molecule has 0 spiro atoms. The lowest BCUT2D eigenvalue weighted by Crippen LogP contribution is -2.30. The highest BCUT2D eigenvalue weighted by Gasteiger charge is 2.28. The van der Waals surface area contributed by atoms with Crippen molar-refractivity contribution in [3.8, 4) is 0 Å². The van der Waals surface area contributed by atoms with Gasteiger partial charge in [0.25, 0.3) is 0 Å². The van der Waals surface area contributed by atoms with E-state index in [4.69, 9.17) is 10.2 Å². The zero-order valence-corrected chi connectivity index (χ0v) is 11.0. The van der Waals surface area contributed by atoms with Crippen molar-refractivity contribution in [2.24, 2.45) is 11.7 Å². The Morgan fingerprint density at radius 2 is 2.15 bits per heavy atom. The molecular formula is C15H16N2O3. The molecule has 3 rings (SSSR count). The molecule has 104 valence electrons. The highest BCUT2D eigenvalue weighted by atomic mass is 16.3. The van der Waals surface area contributed by atoms with Gasteiger partial charge in [0.05, 0.1) is 18.0 Å². The predicted molar refractivity (Wildman–Crippen MR) is 74.3 cm³/mol.